The smallest absolute Gasteiger partial charge is 0.312 e. The minimum absolute atomic E-state index is 0.000898. The third-order valence-electron chi connectivity index (χ3n) is 6.83. The Morgan fingerprint density at radius 2 is 1.76 bits per heavy atom. The van der Waals surface area contributed by atoms with Crippen LogP contribution >= 0.6 is 0 Å². The quantitative estimate of drug-likeness (QED) is 0.447. The van der Waals surface area contributed by atoms with Crippen molar-refractivity contribution in [2.24, 2.45) is 5.73 Å². The molecule has 2 fully saturated rings. The molecule has 1 saturated heterocycles. The molecule has 0 spiro atoms. The number of rotatable bonds is 6. The molecule has 1 aliphatic carbocycles. The van der Waals surface area contributed by atoms with E-state index in [4.69, 9.17) is 15.7 Å². The number of nitrogens with one attached hydrogen (secondary N) is 3. The topological polar surface area (TPSA) is 142 Å². The minimum Gasteiger partial charge on any atom is -0.362 e. The second kappa shape index (κ2) is 9.08. The van der Waals surface area contributed by atoms with E-state index in [1.54, 1.807) is 30.7 Å². The lowest BCUT2D eigenvalue weighted by Crippen LogP contribution is -2.57. The van der Waals surface area contributed by atoms with E-state index in [0.717, 1.165) is 24.4 Å². The second-order valence-electron chi connectivity index (χ2n) is 8.80. The lowest BCUT2D eigenvalue weighted by molar-refractivity contribution is 0.233. The number of nitrogens with two attached hydrogens (primary N) is 1. The summed E-state index contributed by atoms with van der Waals surface area (Å²) < 4.78 is 0. The Labute approximate surface area is 197 Å². The van der Waals surface area contributed by atoms with Crippen LogP contribution in [0.1, 0.15) is 41.6 Å². The Morgan fingerprint density at radius 1 is 1.06 bits per heavy atom. The Kier molecular flexibility index (Phi) is 5.82. The fraction of sp³-hybridized carbons (Fsp3) is 0.320. The average molecular weight is 455 g/mol. The van der Waals surface area contributed by atoms with Gasteiger partial charge in [-0.3, -0.25) is 9.97 Å². The molecule has 0 aromatic carbocycles. The first-order chi connectivity index (χ1) is 16.6. The molecule has 0 radical (unpaired) electrons. The molecular weight excluding hydrogens is 428 g/mol. The van der Waals surface area contributed by atoms with E-state index in [1.165, 1.54) is 0 Å². The Bertz CT molecular complexity index is 1150. The van der Waals surface area contributed by atoms with Gasteiger partial charge >= 0.3 is 6.03 Å². The first-order valence-corrected chi connectivity index (χ1v) is 11.4. The average Bonchev–Trinajstić information content (AvgIpc) is 3.54. The zero-order valence-corrected chi connectivity index (χ0v) is 18.6. The molecule has 9 nitrogen and oxygen atoms in total. The third kappa shape index (κ3) is 4.04. The van der Waals surface area contributed by atoms with E-state index >= 15 is 0 Å². The molecule has 4 heterocycles. The Morgan fingerprint density at radius 3 is 2.35 bits per heavy atom. The van der Waals surface area contributed by atoms with E-state index in [9.17, 15) is 10.1 Å². The predicted molar refractivity (Wildman–Crippen MR) is 127 cm³/mol. The molecule has 2 aliphatic rings. The zero-order chi connectivity index (χ0) is 23.5. The van der Waals surface area contributed by atoms with Gasteiger partial charge in [0.15, 0.2) is 0 Å². The fourth-order valence-electron chi connectivity index (χ4n) is 5.44. The summed E-state index contributed by atoms with van der Waals surface area (Å²) in [6.07, 6.45) is 6.71. The van der Waals surface area contributed by atoms with Crippen LogP contribution in [-0.2, 0) is 0 Å². The summed E-state index contributed by atoms with van der Waals surface area (Å²) in [4.78, 5) is 25.5. The lowest BCUT2D eigenvalue weighted by atomic mass is 9.89. The summed E-state index contributed by atoms with van der Waals surface area (Å²) in [5.74, 6) is 0.618. The van der Waals surface area contributed by atoms with Crippen molar-refractivity contribution in [1.82, 2.24) is 25.6 Å². The van der Waals surface area contributed by atoms with Crippen molar-refractivity contribution in [2.45, 2.75) is 42.3 Å². The van der Waals surface area contributed by atoms with Gasteiger partial charge in [-0.15, -0.1) is 0 Å². The lowest BCUT2D eigenvalue weighted by Gasteiger charge is -2.38. The third-order valence-corrected chi connectivity index (χ3v) is 6.83. The summed E-state index contributed by atoms with van der Waals surface area (Å²) in [5, 5.41) is 19.7. The predicted octanol–water partition coefficient (Wildman–Crippen LogP) is 2.26. The van der Waals surface area contributed by atoms with Gasteiger partial charge in [0, 0.05) is 53.9 Å². The number of nitriles is 1. The van der Waals surface area contributed by atoms with E-state index in [-0.39, 0.29) is 23.9 Å². The van der Waals surface area contributed by atoms with Gasteiger partial charge in [0.1, 0.15) is 5.82 Å². The number of pyridine rings is 3. The second-order valence-corrected chi connectivity index (χ2v) is 8.80. The van der Waals surface area contributed by atoms with E-state index in [2.05, 4.69) is 27.0 Å². The highest BCUT2D eigenvalue weighted by molar-refractivity contribution is 5.72. The summed E-state index contributed by atoms with van der Waals surface area (Å²) >= 11 is 0. The number of nitrogens with zero attached hydrogens (tertiary/aromatic N) is 4. The molecule has 9 heteroatoms. The highest BCUT2D eigenvalue weighted by Crippen LogP contribution is 2.66. The van der Waals surface area contributed by atoms with E-state index < -0.39 is 11.6 Å². The monoisotopic (exact) mass is 454 g/mol. The number of carbonyl (C=O) groups is 1. The van der Waals surface area contributed by atoms with Crippen LogP contribution in [0.15, 0.2) is 67.1 Å². The summed E-state index contributed by atoms with van der Waals surface area (Å²) in [7, 11) is 0. The van der Waals surface area contributed by atoms with Crippen molar-refractivity contribution in [2.75, 3.05) is 11.9 Å². The van der Waals surface area contributed by atoms with Gasteiger partial charge in [-0.2, -0.15) is 5.26 Å². The molecule has 0 bridgehead atoms. The zero-order valence-electron chi connectivity index (χ0n) is 18.6. The number of hydrogen-bond acceptors (Lipinski definition) is 7. The van der Waals surface area contributed by atoms with Crippen LogP contribution in [0, 0.1) is 11.3 Å². The van der Waals surface area contributed by atoms with Crippen LogP contribution in [0.5, 0.6) is 0 Å². The number of aromatic nitrogens is 3. The van der Waals surface area contributed by atoms with Crippen molar-refractivity contribution >= 4 is 11.8 Å². The molecule has 4 unspecified atom stereocenters. The van der Waals surface area contributed by atoms with Gasteiger partial charge in [0.25, 0.3) is 0 Å². The van der Waals surface area contributed by atoms with Gasteiger partial charge in [-0.05, 0) is 55.8 Å². The van der Waals surface area contributed by atoms with Crippen LogP contribution in [0.2, 0.25) is 0 Å². The van der Waals surface area contributed by atoms with Gasteiger partial charge in [0.05, 0.1) is 17.2 Å². The van der Waals surface area contributed by atoms with Gasteiger partial charge in [-0.25, -0.2) is 9.78 Å². The van der Waals surface area contributed by atoms with Crippen molar-refractivity contribution in [3.63, 3.8) is 0 Å². The fourth-order valence-corrected chi connectivity index (χ4v) is 5.44. The number of carbonyl (C=O) groups excluding carboxylic acids is 1. The Balaban J connectivity index is 1.60. The molecule has 1 aliphatic heterocycles. The summed E-state index contributed by atoms with van der Waals surface area (Å²) in [6, 6.07) is 16.9. The molecule has 172 valence electrons. The van der Waals surface area contributed by atoms with Crippen LogP contribution in [0.4, 0.5) is 10.6 Å². The number of primary amides is 1. The largest absolute Gasteiger partial charge is 0.362 e. The maximum absolute atomic E-state index is 11.6. The van der Waals surface area contributed by atoms with Crippen molar-refractivity contribution in [1.29, 1.82) is 5.26 Å². The number of anilines is 1. The molecular formula is C25H26N8O. The van der Waals surface area contributed by atoms with Crippen molar-refractivity contribution in [3.05, 3.63) is 84.1 Å². The molecule has 2 amide bonds. The summed E-state index contributed by atoms with van der Waals surface area (Å²) in [5.41, 5.74) is 7.35. The number of hydrogen-bond donors (Lipinski definition) is 4. The van der Waals surface area contributed by atoms with Crippen molar-refractivity contribution < 1.29 is 4.79 Å². The first kappa shape index (κ1) is 21.8. The number of amides is 2. The van der Waals surface area contributed by atoms with Crippen LogP contribution in [-0.4, -0.2) is 45.2 Å². The van der Waals surface area contributed by atoms with Crippen LogP contribution in [0.3, 0.4) is 0 Å². The highest BCUT2D eigenvalue weighted by atomic mass is 16.2. The van der Waals surface area contributed by atoms with Gasteiger partial charge < -0.3 is 21.7 Å². The van der Waals surface area contributed by atoms with E-state index in [1.807, 2.05) is 36.4 Å². The van der Waals surface area contributed by atoms with E-state index in [0.29, 0.717) is 17.8 Å². The molecule has 4 atom stereocenters. The van der Waals surface area contributed by atoms with Crippen LogP contribution in [0.25, 0.3) is 0 Å². The van der Waals surface area contributed by atoms with Gasteiger partial charge in [-0.1, -0.05) is 12.1 Å². The molecule has 3 aromatic heterocycles. The minimum atomic E-state index is -0.526. The standard InChI is InChI=1S/C25H26N8O/c26-15-16-7-11-31-21(13-16)33-25(20-14-17(8-12-30-20)32-24(27)34)22(18-5-1-3-9-28-18)23(25)19-6-2-4-10-29-19/h1-7,9-11,13,17,20,22-23,30H,8,12,14H2,(H,31,33)(H3,27,32,34). The molecule has 5 N–H and O–H groups in total. The maximum atomic E-state index is 11.6. The molecule has 3 aromatic rings. The Hall–Kier alpha value is -4.03. The molecule has 1 saturated carbocycles. The van der Waals surface area contributed by atoms with Crippen molar-refractivity contribution in [3.8, 4) is 6.07 Å². The molecule has 34 heavy (non-hydrogen) atoms. The summed E-state index contributed by atoms with van der Waals surface area (Å²) in [6.45, 7) is 0.731. The normalized spacial score (nSPS) is 27.9. The van der Waals surface area contributed by atoms with Gasteiger partial charge in [0.2, 0.25) is 0 Å². The molecule has 5 rings (SSSR count). The highest BCUT2D eigenvalue weighted by Gasteiger charge is 2.71. The maximum Gasteiger partial charge on any atom is 0.312 e. The number of urea groups is 1. The van der Waals surface area contributed by atoms with Crippen LogP contribution < -0.4 is 21.7 Å². The number of piperidine rings is 1. The SMILES string of the molecule is N#Cc1ccnc(NC2(C3CC(NC(N)=O)CCN3)C(c3ccccn3)C2c2ccccn2)c1. The first-order valence-electron chi connectivity index (χ1n) is 11.4.